The van der Waals surface area contributed by atoms with E-state index in [1.807, 2.05) is 0 Å². The van der Waals surface area contributed by atoms with E-state index < -0.39 is 5.97 Å². The first-order valence-electron chi connectivity index (χ1n) is 3.08. The predicted octanol–water partition coefficient (Wildman–Crippen LogP) is 1.06. The van der Waals surface area contributed by atoms with Gasteiger partial charge in [0.1, 0.15) is 10.8 Å². The van der Waals surface area contributed by atoms with Crippen molar-refractivity contribution >= 4 is 69.0 Å². The van der Waals surface area contributed by atoms with Gasteiger partial charge in [0.2, 0.25) is 0 Å². The summed E-state index contributed by atoms with van der Waals surface area (Å²) in [6, 6.07) is 1.27. The third-order valence-electron chi connectivity index (χ3n) is 1.26. The fraction of sp³-hybridized carbons (Fsp3) is 0.143. The Hall–Kier alpha value is 0.346. The van der Waals surface area contributed by atoms with Gasteiger partial charge in [-0.15, -0.1) is 0 Å². The monoisotopic (exact) mass is 226 g/mol. The van der Waals surface area contributed by atoms with Gasteiger partial charge in [-0.3, -0.25) is 0 Å². The third kappa shape index (κ3) is 3.53. The fourth-order valence-corrected chi connectivity index (χ4v) is 0.874. The first-order chi connectivity index (χ1) is 5.65. The second kappa shape index (κ2) is 5.95. The second-order valence-electron chi connectivity index (χ2n) is 2.01. The number of hydrogen-bond acceptors (Lipinski definition) is 3. The van der Waals surface area contributed by atoms with Crippen molar-refractivity contribution in [1.82, 2.24) is 4.98 Å². The van der Waals surface area contributed by atoms with Crippen molar-refractivity contribution in [3.05, 3.63) is 23.0 Å². The molecular weight excluding hydrogens is 221 g/mol. The van der Waals surface area contributed by atoms with Crippen LogP contribution in [0.1, 0.15) is 10.5 Å². The number of aromatic nitrogens is 1. The SMILES string of the molecule is COc1cc(C(=O)O)ncc1Cl.[K]. The summed E-state index contributed by atoms with van der Waals surface area (Å²) in [6.45, 7) is 0. The molecule has 0 aliphatic carbocycles. The van der Waals surface area contributed by atoms with Gasteiger partial charge in [0.15, 0.2) is 5.69 Å². The van der Waals surface area contributed by atoms with Crippen LogP contribution in [-0.4, -0.2) is 74.6 Å². The number of ether oxygens (including phenoxy) is 1. The van der Waals surface area contributed by atoms with Crippen molar-refractivity contribution in [3.63, 3.8) is 0 Å². The molecule has 0 amide bonds. The van der Waals surface area contributed by atoms with Crippen LogP contribution in [-0.2, 0) is 0 Å². The Labute approximate surface area is 123 Å². The number of carbonyl (C=O) groups is 1. The normalized spacial score (nSPS) is 8.77. The minimum absolute atomic E-state index is 0. The standard InChI is InChI=1S/C7H6ClNO3.K/c1-12-6-2-5(7(10)11)9-3-4(6)8;/h2-3H,1H3,(H,10,11);. The van der Waals surface area contributed by atoms with Crippen molar-refractivity contribution in [2.45, 2.75) is 0 Å². The molecule has 13 heavy (non-hydrogen) atoms. The minimum Gasteiger partial charge on any atom is -0.495 e. The molecule has 0 fully saturated rings. The van der Waals surface area contributed by atoms with Gasteiger partial charge in [-0.25, -0.2) is 9.78 Å². The summed E-state index contributed by atoms with van der Waals surface area (Å²) < 4.78 is 4.80. The second-order valence-corrected chi connectivity index (χ2v) is 2.42. The van der Waals surface area contributed by atoms with Crippen molar-refractivity contribution in [3.8, 4) is 5.75 Å². The van der Waals surface area contributed by atoms with Gasteiger partial charge >= 0.3 is 5.97 Å². The summed E-state index contributed by atoms with van der Waals surface area (Å²) in [6.07, 6.45) is 1.24. The third-order valence-corrected chi connectivity index (χ3v) is 1.54. The Balaban J connectivity index is 0.00000144. The van der Waals surface area contributed by atoms with E-state index in [2.05, 4.69) is 4.98 Å². The van der Waals surface area contributed by atoms with Crippen LogP contribution in [0.3, 0.4) is 0 Å². The van der Waals surface area contributed by atoms with E-state index >= 15 is 0 Å². The largest absolute Gasteiger partial charge is 0.495 e. The summed E-state index contributed by atoms with van der Waals surface area (Å²) in [7, 11) is 1.41. The van der Waals surface area contributed by atoms with E-state index in [1.165, 1.54) is 19.4 Å². The van der Waals surface area contributed by atoms with Crippen LogP contribution >= 0.6 is 11.6 Å². The number of pyridine rings is 1. The van der Waals surface area contributed by atoms with Crippen LogP contribution in [0.25, 0.3) is 0 Å². The van der Waals surface area contributed by atoms with Crippen LogP contribution in [0, 0.1) is 0 Å². The molecule has 4 nitrogen and oxygen atoms in total. The molecule has 0 atom stereocenters. The fourth-order valence-electron chi connectivity index (χ4n) is 0.694. The molecule has 0 aliphatic heterocycles. The van der Waals surface area contributed by atoms with Crippen LogP contribution in [0.2, 0.25) is 5.02 Å². The molecule has 1 aromatic rings. The summed E-state index contributed by atoms with van der Waals surface area (Å²) in [5.41, 5.74) is -0.0868. The molecule has 1 radical (unpaired) electrons. The summed E-state index contributed by atoms with van der Waals surface area (Å²) in [4.78, 5) is 14.0. The molecule has 0 spiro atoms. The molecule has 0 aromatic carbocycles. The number of carboxylic acids is 1. The van der Waals surface area contributed by atoms with Gasteiger partial charge in [0.05, 0.1) is 13.3 Å². The molecule has 1 rings (SSSR count). The van der Waals surface area contributed by atoms with Gasteiger partial charge < -0.3 is 9.84 Å². The number of methoxy groups -OCH3 is 1. The Morgan fingerprint density at radius 3 is 2.77 bits per heavy atom. The van der Waals surface area contributed by atoms with Crippen molar-refractivity contribution in [2.75, 3.05) is 7.11 Å². The van der Waals surface area contributed by atoms with E-state index in [0.29, 0.717) is 10.8 Å². The van der Waals surface area contributed by atoms with Gasteiger partial charge in [-0.05, 0) is 0 Å². The zero-order valence-electron chi connectivity index (χ0n) is 7.24. The van der Waals surface area contributed by atoms with Crippen LogP contribution in [0.15, 0.2) is 12.3 Å². The maximum Gasteiger partial charge on any atom is 0.354 e. The van der Waals surface area contributed by atoms with Gasteiger partial charge in [-0.1, -0.05) is 11.6 Å². The number of halogens is 1. The maximum atomic E-state index is 10.4. The topological polar surface area (TPSA) is 59.4 Å². The number of aromatic carboxylic acids is 1. The molecule has 65 valence electrons. The Morgan fingerprint density at radius 2 is 2.31 bits per heavy atom. The Bertz CT molecular complexity index is 319. The quantitative estimate of drug-likeness (QED) is 0.767. The molecule has 0 bridgehead atoms. The molecule has 0 unspecified atom stereocenters. The van der Waals surface area contributed by atoms with Crippen LogP contribution < -0.4 is 4.74 Å². The molecule has 1 N–H and O–H groups in total. The molecule has 6 heteroatoms. The van der Waals surface area contributed by atoms with Gasteiger partial charge in [0.25, 0.3) is 0 Å². The molecule has 0 aliphatic rings. The number of rotatable bonds is 2. The minimum atomic E-state index is -1.11. The average Bonchev–Trinajstić information content (AvgIpc) is 2.05. The molecule has 0 saturated heterocycles. The number of nitrogens with zero attached hydrogens (tertiary/aromatic N) is 1. The van der Waals surface area contributed by atoms with Crippen LogP contribution in [0.4, 0.5) is 0 Å². The smallest absolute Gasteiger partial charge is 0.354 e. The van der Waals surface area contributed by atoms with E-state index in [0.717, 1.165) is 0 Å². The van der Waals surface area contributed by atoms with Gasteiger partial charge in [-0.2, -0.15) is 0 Å². The summed E-state index contributed by atoms with van der Waals surface area (Å²) >= 11 is 5.62. The summed E-state index contributed by atoms with van der Waals surface area (Å²) in [5.74, 6) is -0.797. The first-order valence-corrected chi connectivity index (χ1v) is 3.45. The summed E-state index contributed by atoms with van der Waals surface area (Å²) in [5, 5.41) is 8.83. The van der Waals surface area contributed by atoms with Crippen molar-refractivity contribution in [2.24, 2.45) is 0 Å². The molecule has 1 aromatic heterocycles. The zero-order valence-corrected chi connectivity index (χ0v) is 11.1. The predicted molar refractivity (Wildman–Crippen MR) is 48.5 cm³/mol. The Morgan fingerprint density at radius 1 is 1.69 bits per heavy atom. The van der Waals surface area contributed by atoms with Crippen molar-refractivity contribution in [1.29, 1.82) is 0 Å². The number of carboxylic acid groups (broad SMARTS) is 1. The van der Waals surface area contributed by atoms with E-state index in [9.17, 15) is 4.79 Å². The molecular formula is C7H6ClKNO3. The van der Waals surface area contributed by atoms with Crippen LogP contribution in [0.5, 0.6) is 5.75 Å². The maximum absolute atomic E-state index is 10.4. The zero-order chi connectivity index (χ0) is 9.14. The Kier molecular flexibility index (Phi) is 6.11. The van der Waals surface area contributed by atoms with Crippen molar-refractivity contribution < 1.29 is 14.6 Å². The first kappa shape index (κ1) is 13.3. The average molecular weight is 227 g/mol. The van der Waals surface area contributed by atoms with E-state index in [4.69, 9.17) is 21.4 Å². The molecule has 0 saturated carbocycles. The van der Waals surface area contributed by atoms with Gasteiger partial charge in [0, 0.05) is 57.5 Å². The molecule has 1 heterocycles. The van der Waals surface area contributed by atoms with E-state index in [-0.39, 0.29) is 57.1 Å². The van der Waals surface area contributed by atoms with E-state index in [1.54, 1.807) is 0 Å². The number of hydrogen-bond donors (Lipinski definition) is 1.